The third kappa shape index (κ3) is 5.10. The fourth-order valence-electron chi connectivity index (χ4n) is 4.01. The van der Waals surface area contributed by atoms with Crippen LogP contribution >= 0.6 is 22.9 Å². The third-order valence-corrected chi connectivity index (χ3v) is 7.26. The molecule has 0 spiro atoms. The van der Waals surface area contributed by atoms with Crippen LogP contribution in [-0.4, -0.2) is 47.0 Å². The van der Waals surface area contributed by atoms with E-state index >= 15 is 0 Å². The van der Waals surface area contributed by atoms with Crippen LogP contribution in [-0.2, 0) is 9.47 Å². The fourth-order valence-corrected chi connectivity index (χ4v) is 5.36. The fraction of sp³-hybridized carbons (Fsp3) is 0.391. The quantitative estimate of drug-likeness (QED) is 0.341. The molecule has 38 heavy (non-hydrogen) atoms. The van der Waals surface area contributed by atoms with Crippen LogP contribution in [0.3, 0.4) is 0 Å². The Balaban J connectivity index is 1.72. The Morgan fingerprint density at radius 3 is 2.55 bits per heavy atom. The normalized spacial score (nSPS) is 16.9. The number of aromatic nitrogens is 2. The average molecular weight is 575 g/mol. The van der Waals surface area contributed by atoms with Gasteiger partial charge in [-0.25, -0.2) is 14.3 Å². The highest BCUT2D eigenvalue weighted by Crippen LogP contribution is 2.46. The van der Waals surface area contributed by atoms with Gasteiger partial charge in [-0.05, 0) is 38.5 Å². The largest absolute Gasteiger partial charge is 0.467 e. The maximum atomic E-state index is 14.0. The first-order valence-corrected chi connectivity index (χ1v) is 12.6. The molecule has 0 aromatic carbocycles. The number of hydrogen-bond acceptors (Lipinski definition) is 9. The zero-order valence-corrected chi connectivity index (χ0v) is 21.8. The molecule has 1 aliphatic heterocycles. The van der Waals surface area contributed by atoms with Crippen LogP contribution in [0.15, 0.2) is 22.8 Å². The molecule has 3 aromatic rings. The van der Waals surface area contributed by atoms with Crippen LogP contribution in [0.25, 0.3) is 0 Å². The maximum absolute atomic E-state index is 14.0. The monoisotopic (exact) mass is 574 g/mol. The van der Waals surface area contributed by atoms with Crippen molar-refractivity contribution in [3.8, 4) is 0 Å². The van der Waals surface area contributed by atoms with Crippen LogP contribution in [0.1, 0.15) is 74.2 Å². The number of carbonyl (C=O) groups excluding carboxylic acids is 3. The third-order valence-electron chi connectivity index (χ3n) is 5.71. The van der Waals surface area contributed by atoms with Gasteiger partial charge in [0.1, 0.15) is 26.5 Å². The van der Waals surface area contributed by atoms with E-state index in [-0.39, 0.29) is 50.8 Å². The number of halogens is 4. The van der Waals surface area contributed by atoms with Gasteiger partial charge in [-0.2, -0.15) is 18.3 Å². The van der Waals surface area contributed by atoms with E-state index in [0.717, 1.165) is 11.3 Å². The van der Waals surface area contributed by atoms with E-state index in [1.165, 1.54) is 19.3 Å². The minimum Gasteiger partial charge on any atom is -0.467 e. The highest BCUT2D eigenvalue weighted by atomic mass is 35.5. The summed E-state index contributed by atoms with van der Waals surface area (Å²) in [6, 6.07) is 0.0930. The van der Waals surface area contributed by atoms with Crippen LogP contribution in [0, 0.1) is 6.92 Å². The molecule has 15 heteroatoms. The molecule has 4 heterocycles. The molecule has 0 saturated carbocycles. The molecule has 2 atom stereocenters. The minimum atomic E-state index is -4.71. The lowest BCUT2D eigenvalue weighted by Gasteiger charge is -2.32. The molecule has 0 aliphatic carbocycles. The number of nitrogens with one attached hydrogen (secondary N) is 2. The first-order chi connectivity index (χ1) is 18.0. The Morgan fingerprint density at radius 1 is 1.26 bits per heavy atom. The number of fused-ring (bicyclic) bond motifs is 1. The Labute approximate surface area is 223 Å². The highest BCUT2D eigenvalue weighted by molar-refractivity contribution is 7.18. The van der Waals surface area contributed by atoms with Crippen LogP contribution in [0.2, 0.25) is 5.02 Å². The number of amides is 1. The van der Waals surface area contributed by atoms with Crippen molar-refractivity contribution in [2.45, 2.75) is 45.5 Å². The zero-order valence-electron chi connectivity index (χ0n) is 20.3. The molecule has 10 nitrogen and oxygen atoms in total. The number of furan rings is 1. The number of rotatable bonds is 7. The Kier molecular flexibility index (Phi) is 7.74. The van der Waals surface area contributed by atoms with E-state index in [1.54, 1.807) is 19.9 Å². The van der Waals surface area contributed by atoms with Crippen molar-refractivity contribution in [3.63, 3.8) is 0 Å². The van der Waals surface area contributed by atoms with Crippen molar-refractivity contribution in [2.75, 3.05) is 23.8 Å². The standard InChI is InChI=1S/C23H22ClF3N4O6S/c1-4-35-21(33)14-10(3)17(22(34)36-5-2)38-20(14)29-19(32)16-15(24)18-28-11(12-7-6-8-37-12)9-13(23(25,26)27)31(18)30-16/h6-8,11,13,28H,4-5,9H2,1-3H3,(H,29,32)/t11-,13-/m1/s1. The lowest BCUT2D eigenvalue weighted by atomic mass is 10.0. The minimum absolute atomic E-state index is 0.0250. The number of esters is 2. The molecule has 0 radical (unpaired) electrons. The van der Waals surface area contributed by atoms with E-state index in [1.807, 2.05) is 0 Å². The molecule has 204 valence electrons. The van der Waals surface area contributed by atoms with Gasteiger partial charge in [-0.3, -0.25) is 4.79 Å². The highest BCUT2D eigenvalue weighted by Gasteiger charge is 2.48. The predicted molar refractivity (Wildman–Crippen MR) is 131 cm³/mol. The van der Waals surface area contributed by atoms with Gasteiger partial charge in [-0.1, -0.05) is 11.6 Å². The van der Waals surface area contributed by atoms with Crippen molar-refractivity contribution < 1.29 is 41.4 Å². The van der Waals surface area contributed by atoms with Crippen LogP contribution < -0.4 is 10.6 Å². The van der Waals surface area contributed by atoms with E-state index in [4.69, 9.17) is 25.5 Å². The summed E-state index contributed by atoms with van der Waals surface area (Å²) in [6.07, 6.45) is -3.83. The predicted octanol–water partition coefficient (Wildman–Crippen LogP) is 5.77. The topological polar surface area (TPSA) is 125 Å². The zero-order chi connectivity index (χ0) is 27.8. The number of thiophene rings is 1. The summed E-state index contributed by atoms with van der Waals surface area (Å²) in [5, 5.41) is 8.76. The van der Waals surface area contributed by atoms with Gasteiger partial charge in [0, 0.05) is 6.42 Å². The SMILES string of the molecule is CCOC(=O)c1sc(NC(=O)c2nn3c(c2Cl)N[C@@H](c2ccco2)C[C@@H]3C(F)(F)F)c(C(=O)OCC)c1C. The smallest absolute Gasteiger partial charge is 0.410 e. The van der Waals surface area contributed by atoms with E-state index in [0.29, 0.717) is 4.68 Å². The van der Waals surface area contributed by atoms with Crippen molar-refractivity contribution >= 4 is 51.6 Å². The number of nitrogens with zero attached hydrogens (tertiary/aromatic N) is 2. The molecule has 0 saturated heterocycles. The van der Waals surface area contributed by atoms with Gasteiger partial charge < -0.3 is 24.5 Å². The summed E-state index contributed by atoms with van der Waals surface area (Å²) >= 11 is 7.12. The second kappa shape index (κ2) is 10.7. The summed E-state index contributed by atoms with van der Waals surface area (Å²) < 4.78 is 57.9. The number of ether oxygens (including phenoxy) is 2. The summed E-state index contributed by atoms with van der Waals surface area (Å²) in [6.45, 7) is 4.78. The number of alkyl halides is 3. The molecule has 1 amide bonds. The first-order valence-electron chi connectivity index (χ1n) is 11.4. The molecule has 3 aromatic heterocycles. The number of hydrogen-bond donors (Lipinski definition) is 2. The van der Waals surface area contributed by atoms with Crippen molar-refractivity contribution in [3.05, 3.63) is 50.9 Å². The maximum Gasteiger partial charge on any atom is 0.410 e. The Morgan fingerprint density at radius 2 is 1.95 bits per heavy atom. The van der Waals surface area contributed by atoms with Crippen molar-refractivity contribution in [1.29, 1.82) is 0 Å². The van der Waals surface area contributed by atoms with Gasteiger partial charge in [0.25, 0.3) is 5.91 Å². The van der Waals surface area contributed by atoms with Gasteiger partial charge in [0.05, 0.1) is 31.1 Å². The van der Waals surface area contributed by atoms with Gasteiger partial charge in [0.2, 0.25) is 0 Å². The number of anilines is 2. The van der Waals surface area contributed by atoms with Gasteiger partial charge in [0.15, 0.2) is 11.7 Å². The summed E-state index contributed by atoms with van der Waals surface area (Å²) in [7, 11) is 0. The Bertz CT molecular complexity index is 1370. The van der Waals surface area contributed by atoms with E-state index < -0.39 is 48.2 Å². The number of carbonyl (C=O) groups is 3. The second-order valence-corrected chi connectivity index (χ2v) is 9.52. The van der Waals surface area contributed by atoms with Gasteiger partial charge in [-0.15, -0.1) is 11.3 Å². The van der Waals surface area contributed by atoms with Crippen LogP contribution in [0.5, 0.6) is 0 Å². The Hall–Kier alpha value is -3.52. The molecular formula is C23H22ClF3N4O6S. The van der Waals surface area contributed by atoms with Crippen LogP contribution in [0.4, 0.5) is 24.0 Å². The summed E-state index contributed by atoms with van der Waals surface area (Å²) in [4.78, 5) is 38.3. The van der Waals surface area contributed by atoms with Gasteiger partial charge >= 0.3 is 18.1 Å². The lowest BCUT2D eigenvalue weighted by Crippen LogP contribution is -2.35. The van der Waals surface area contributed by atoms with Crippen molar-refractivity contribution in [1.82, 2.24) is 9.78 Å². The van der Waals surface area contributed by atoms with E-state index in [2.05, 4.69) is 15.7 Å². The lowest BCUT2D eigenvalue weighted by molar-refractivity contribution is -0.174. The first kappa shape index (κ1) is 27.5. The van der Waals surface area contributed by atoms with E-state index in [9.17, 15) is 27.6 Å². The average Bonchev–Trinajstić information content (AvgIpc) is 3.57. The van der Waals surface area contributed by atoms with Crippen molar-refractivity contribution in [2.24, 2.45) is 0 Å². The molecule has 1 aliphatic rings. The summed E-state index contributed by atoms with van der Waals surface area (Å²) in [5.41, 5.74) is -0.378. The molecule has 0 fully saturated rings. The summed E-state index contributed by atoms with van der Waals surface area (Å²) in [5.74, 6) is -2.46. The molecule has 2 N–H and O–H groups in total. The molecule has 0 bridgehead atoms. The molecule has 4 rings (SSSR count). The second-order valence-electron chi connectivity index (χ2n) is 8.12. The molecular weight excluding hydrogens is 553 g/mol. The molecule has 0 unspecified atom stereocenters.